The molecule has 0 aliphatic heterocycles. The molecule has 1 heterocycles. The van der Waals surface area contributed by atoms with Crippen molar-refractivity contribution < 1.29 is 4.42 Å². The first-order valence-corrected chi connectivity index (χ1v) is 18.4. The van der Waals surface area contributed by atoms with E-state index < -0.39 is 0 Å². The van der Waals surface area contributed by atoms with Crippen LogP contribution in [0.25, 0.3) is 77.2 Å². The van der Waals surface area contributed by atoms with Crippen molar-refractivity contribution in [1.29, 1.82) is 0 Å². The lowest BCUT2D eigenvalue weighted by molar-refractivity contribution is 0.669. The van der Waals surface area contributed by atoms with Crippen LogP contribution >= 0.6 is 0 Å². The molecule has 0 radical (unpaired) electrons. The van der Waals surface area contributed by atoms with E-state index in [0.29, 0.717) is 0 Å². The average molecular weight is 690 g/mol. The van der Waals surface area contributed by atoms with Gasteiger partial charge in [-0.15, -0.1) is 0 Å². The minimum Gasteiger partial charge on any atom is -0.456 e. The van der Waals surface area contributed by atoms with Crippen molar-refractivity contribution in [3.63, 3.8) is 0 Å². The minimum atomic E-state index is 0.904. The van der Waals surface area contributed by atoms with Crippen molar-refractivity contribution in [3.05, 3.63) is 212 Å². The Labute approximate surface area is 314 Å². The minimum absolute atomic E-state index is 0.904. The van der Waals surface area contributed by atoms with Crippen molar-refractivity contribution in [2.45, 2.75) is 0 Å². The summed E-state index contributed by atoms with van der Waals surface area (Å²) >= 11 is 0. The molecule has 1 aromatic heterocycles. The number of para-hydroxylation sites is 1. The predicted octanol–water partition coefficient (Wildman–Crippen LogP) is 14.9. The number of hydrogen-bond acceptors (Lipinski definition) is 2. The summed E-state index contributed by atoms with van der Waals surface area (Å²) in [6.07, 6.45) is 0. The zero-order valence-corrected chi connectivity index (χ0v) is 29.6. The van der Waals surface area contributed by atoms with Crippen LogP contribution in [0.1, 0.15) is 0 Å². The Kier molecular flexibility index (Phi) is 7.85. The number of anilines is 3. The van der Waals surface area contributed by atoms with Gasteiger partial charge in [-0.05, 0) is 98.2 Å². The fourth-order valence-corrected chi connectivity index (χ4v) is 7.78. The van der Waals surface area contributed by atoms with Gasteiger partial charge in [0.15, 0.2) is 0 Å². The third kappa shape index (κ3) is 5.71. The maximum absolute atomic E-state index is 6.30. The molecule has 0 aliphatic rings. The van der Waals surface area contributed by atoms with Gasteiger partial charge in [-0.2, -0.15) is 0 Å². The van der Waals surface area contributed by atoms with Crippen molar-refractivity contribution in [1.82, 2.24) is 0 Å². The first-order valence-electron chi connectivity index (χ1n) is 18.4. The van der Waals surface area contributed by atoms with Gasteiger partial charge in [0, 0.05) is 27.7 Å². The second-order valence-electron chi connectivity index (χ2n) is 13.7. The molecule has 0 aliphatic carbocycles. The van der Waals surface area contributed by atoms with Crippen LogP contribution in [0.3, 0.4) is 0 Å². The van der Waals surface area contributed by atoms with Crippen molar-refractivity contribution >= 4 is 49.8 Å². The Bertz CT molecular complexity index is 2890. The van der Waals surface area contributed by atoms with Gasteiger partial charge in [0.1, 0.15) is 11.2 Å². The lowest BCUT2D eigenvalue weighted by atomic mass is 9.98. The number of nitrogens with zero attached hydrogens (tertiary/aromatic N) is 1. The third-order valence-corrected chi connectivity index (χ3v) is 10.5. The quantitative estimate of drug-likeness (QED) is 0.166. The molecule has 0 spiro atoms. The number of furan rings is 1. The van der Waals surface area contributed by atoms with Gasteiger partial charge in [0.25, 0.3) is 0 Å². The maximum atomic E-state index is 6.30. The Hall–Kier alpha value is -7.16. The Balaban J connectivity index is 1.04. The van der Waals surface area contributed by atoms with Crippen LogP contribution < -0.4 is 4.90 Å². The Morgan fingerprint density at radius 3 is 1.46 bits per heavy atom. The Morgan fingerprint density at radius 1 is 0.315 bits per heavy atom. The highest BCUT2D eigenvalue weighted by molar-refractivity contribution is 6.19. The molecule has 0 unspecified atom stereocenters. The van der Waals surface area contributed by atoms with Crippen molar-refractivity contribution in [2.75, 3.05) is 4.90 Å². The van der Waals surface area contributed by atoms with E-state index in [1.807, 2.05) is 0 Å². The highest BCUT2D eigenvalue weighted by Gasteiger charge is 2.18. The van der Waals surface area contributed by atoms with Crippen LogP contribution in [-0.4, -0.2) is 0 Å². The van der Waals surface area contributed by atoms with Gasteiger partial charge < -0.3 is 9.32 Å². The summed E-state index contributed by atoms with van der Waals surface area (Å²) in [5.74, 6) is 0. The van der Waals surface area contributed by atoms with E-state index in [1.54, 1.807) is 0 Å². The van der Waals surface area contributed by atoms with E-state index in [2.05, 4.69) is 217 Å². The van der Waals surface area contributed by atoms with Crippen LogP contribution in [0, 0.1) is 0 Å². The summed E-state index contributed by atoms with van der Waals surface area (Å²) in [6.45, 7) is 0. The molecule has 254 valence electrons. The van der Waals surface area contributed by atoms with Crippen molar-refractivity contribution in [2.24, 2.45) is 0 Å². The van der Waals surface area contributed by atoms with E-state index in [0.717, 1.165) is 44.7 Å². The number of rotatable bonds is 7. The Morgan fingerprint density at radius 2 is 0.796 bits per heavy atom. The molecular formula is C52H35NO. The van der Waals surface area contributed by atoms with Gasteiger partial charge in [0.2, 0.25) is 0 Å². The van der Waals surface area contributed by atoms with Gasteiger partial charge >= 0.3 is 0 Å². The van der Waals surface area contributed by atoms with Gasteiger partial charge in [-0.3, -0.25) is 0 Å². The second kappa shape index (κ2) is 13.4. The monoisotopic (exact) mass is 689 g/mol. The van der Waals surface area contributed by atoms with Crippen LogP contribution in [0.4, 0.5) is 17.1 Å². The van der Waals surface area contributed by atoms with E-state index in [9.17, 15) is 0 Å². The molecule has 0 atom stereocenters. The van der Waals surface area contributed by atoms with E-state index in [1.165, 1.54) is 49.5 Å². The normalized spacial score (nSPS) is 11.3. The lowest BCUT2D eigenvalue weighted by Crippen LogP contribution is -2.11. The largest absolute Gasteiger partial charge is 0.456 e. The maximum Gasteiger partial charge on any atom is 0.136 e. The van der Waals surface area contributed by atoms with Crippen LogP contribution in [-0.2, 0) is 0 Å². The molecule has 10 aromatic rings. The predicted molar refractivity (Wildman–Crippen MR) is 228 cm³/mol. The molecule has 54 heavy (non-hydrogen) atoms. The number of benzene rings is 9. The average Bonchev–Trinajstić information content (AvgIpc) is 3.64. The van der Waals surface area contributed by atoms with E-state index in [-0.39, 0.29) is 0 Å². The summed E-state index contributed by atoms with van der Waals surface area (Å²) in [5, 5.41) is 4.73. The molecule has 0 saturated carbocycles. The molecule has 0 fully saturated rings. The fraction of sp³-hybridized carbons (Fsp3) is 0. The third-order valence-electron chi connectivity index (χ3n) is 10.5. The number of fused-ring (bicyclic) bond motifs is 5. The van der Waals surface area contributed by atoms with Gasteiger partial charge in [-0.25, -0.2) is 0 Å². The van der Waals surface area contributed by atoms with Crippen LogP contribution in [0.15, 0.2) is 217 Å². The molecule has 0 bridgehead atoms. The molecule has 0 saturated heterocycles. The second-order valence-corrected chi connectivity index (χ2v) is 13.7. The van der Waals surface area contributed by atoms with Crippen LogP contribution in [0.2, 0.25) is 0 Å². The zero-order chi connectivity index (χ0) is 35.8. The molecule has 9 aromatic carbocycles. The SMILES string of the molecule is c1ccc(-c2ccc(-c3ccc(N(c4ccc(-c5ccc6oc7ccc8ccccc8c7c6c5)cc4)c4ccccc4-c4ccccc4)cc3)cc2)cc1. The van der Waals surface area contributed by atoms with E-state index in [4.69, 9.17) is 4.42 Å². The summed E-state index contributed by atoms with van der Waals surface area (Å²) in [6, 6.07) is 75.8. The first kappa shape index (κ1) is 31.6. The standard InChI is InChI=1S/C52H35NO/c1-3-11-36(12-4-1)37-19-21-38(22-20-37)39-23-29-44(30-24-39)53(49-18-10-9-16-46(49)41-13-5-2-6-14-41)45-31-25-40(26-32-45)43-28-33-50-48(35-43)52-47-17-8-7-15-42(47)27-34-51(52)54-50/h1-35H. The lowest BCUT2D eigenvalue weighted by Gasteiger charge is -2.28. The van der Waals surface area contributed by atoms with Crippen molar-refractivity contribution in [3.8, 4) is 44.5 Å². The first-order chi connectivity index (χ1) is 26.8. The summed E-state index contributed by atoms with van der Waals surface area (Å²) in [7, 11) is 0. The highest BCUT2D eigenvalue weighted by atomic mass is 16.3. The molecule has 2 heteroatoms. The molecular weight excluding hydrogens is 655 g/mol. The molecule has 0 amide bonds. The van der Waals surface area contributed by atoms with Crippen LogP contribution in [0.5, 0.6) is 0 Å². The zero-order valence-electron chi connectivity index (χ0n) is 29.6. The summed E-state index contributed by atoms with van der Waals surface area (Å²) < 4.78 is 6.30. The molecule has 10 rings (SSSR count). The molecule has 0 N–H and O–H groups in total. The molecule has 2 nitrogen and oxygen atoms in total. The summed E-state index contributed by atoms with van der Waals surface area (Å²) in [4.78, 5) is 2.37. The smallest absolute Gasteiger partial charge is 0.136 e. The summed E-state index contributed by atoms with van der Waals surface area (Å²) in [5.41, 5.74) is 14.6. The highest BCUT2D eigenvalue weighted by Crippen LogP contribution is 2.42. The van der Waals surface area contributed by atoms with Gasteiger partial charge in [0.05, 0.1) is 5.69 Å². The van der Waals surface area contributed by atoms with E-state index >= 15 is 0 Å². The topological polar surface area (TPSA) is 16.4 Å². The number of hydrogen-bond donors (Lipinski definition) is 0. The van der Waals surface area contributed by atoms with Gasteiger partial charge in [-0.1, -0.05) is 164 Å². The fourth-order valence-electron chi connectivity index (χ4n) is 7.78.